The molecule has 0 spiro atoms. The molecule has 1 atom stereocenters. The SMILES string of the molecule is CCOC(=O)c1[nH]c(C)c(C(=O)OC2CCCC2=O)c1C. The Labute approximate surface area is 122 Å². The van der Waals surface area contributed by atoms with Crippen LogP contribution in [0.5, 0.6) is 0 Å². The Bertz CT molecular complexity index is 587. The summed E-state index contributed by atoms with van der Waals surface area (Å²) in [5.74, 6) is -1.12. The Kier molecular flexibility index (Phi) is 4.45. The van der Waals surface area contributed by atoms with Crippen molar-refractivity contribution in [3.8, 4) is 0 Å². The lowest BCUT2D eigenvalue weighted by atomic mass is 10.1. The number of carbonyl (C=O) groups is 3. The number of esters is 2. The zero-order valence-electron chi connectivity index (χ0n) is 12.4. The number of ether oxygens (including phenoxy) is 2. The molecule has 1 aromatic heterocycles. The summed E-state index contributed by atoms with van der Waals surface area (Å²) in [6.07, 6.45) is 1.11. The standard InChI is InChI=1S/C15H19NO5/c1-4-20-15(19)13-8(2)12(9(3)16-13)14(18)21-11-7-5-6-10(11)17/h11,16H,4-7H2,1-3H3. The van der Waals surface area contributed by atoms with Crippen LogP contribution in [-0.2, 0) is 14.3 Å². The molecule has 21 heavy (non-hydrogen) atoms. The molecule has 1 unspecified atom stereocenters. The first-order valence-corrected chi connectivity index (χ1v) is 7.05. The zero-order valence-corrected chi connectivity index (χ0v) is 12.4. The summed E-state index contributed by atoms with van der Waals surface area (Å²) in [4.78, 5) is 38.4. The third-order valence-electron chi connectivity index (χ3n) is 3.62. The van der Waals surface area contributed by atoms with Gasteiger partial charge in [0.05, 0.1) is 12.2 Å². The molecule has 0 amide bonds. The van der Waals surface area contributed by atoms with Crippen LogP contribution in [0.3, 0.4) is 0 Å². The van der Waals surface area contributed by atoms with E-state index in [1.54, 1.807) is 20.8 Å². The molecule has 114 valence electrons. The van der Waals surface area contributed by atoms with Gasteiger partial charge >= 0.3 is 11.9 Å². The fraction of sp³-hybridized carbons (Fsp3) is 0.533. The normalized spacial score (nSPS) is 17.9. The quantitative estimate of drug-likeness (QED) is 0.859. The van der Waals surface area contributed by atoms with Gasteiger partial charge in [-0.25, -0.2) is 9.59 Å². The van der Waals surface area contributed by atoms with Crippen molar-refractivity contribution >= 4 is 17.7 Å². The Morgan fingerprint density at radius 3 is 2.57 bits per heavy atom. The molecule has 1 aromatic rings. The molecule has 0 radical (unpaired) electrons. The number of hydrogen-bond acceptors (Lipinski definition) is 5. The number of hydrogen-bond donors (Lipinski definition) is 1. The van der Waals surface area contributed by atoms with E-state index in [0.29, 0.717) is 29.7 Å². The molecule has 1 saturated carbocycles. The van der Waals surface area contributed by atoms with Gasteiger partial charge in [0.1, 0.15) is 5.69 Å². The first-order valence-electron chi connectivity index (χ1n) is 7.05. The molecule has 1 aliphatic carbocycles. The molecule has 1 aliphatic rings. The van der Waals surface area contributed by atoms with Gasteiger partial charge in [0.2, 0.25) is 0 Å². The minimum Gasteiger partial charge on any atom is -0.461 e. The first kappa shape index (κ1) is 15.3. The summed E-state index contributed by atoms with van der Waals surface area (Å²) in [6.45, 7) is 5.31. The Morgan fingerprint density at radius 1 is 1.29 bits per heavy atom. The fourth-order valence-corrected chi connectivity index (χ4v) is 2.56. The van der Waals surface area contributed by atoms with Gasteiger partial charge in [-0.3, -0.25) is 4.79 Å². The maximum atomic E-state index is 12.2. The number of carbonyl (C=O) groups excluding carboxylic acids is 3. The minimum atomic E-state index is -0.655. The molecule has 6 heteroatoms. The highest BCUT2D eigenvalue weighted by atomic mass is 16.5. The van der Waals surface area contributed by atoms with E-state index in [1.165, 1.54) is 0 Å². The maximum absolute atomic E-state index is 12.2. The third kappa shape index (κ3) is 2.99. The summed E-state index contributed by atoms with van der Waals surface area (Å²) < 4.78 is 10.2. The number of aryl methyl sites for hydroxylation is 1. The number of H-pyrrole nitrogens is 1. The summed E-state index contributed by atoms with van der Waals surface area (Å²) in [5.41, 5.74) is 1.57. The number of rotatable bonds is 4. The van der Waals surface area contributed by atoms with Crippen molar-refractivity contribution in [3.05, 3.63) is 22.5 Å². The van der Waals surface area contributed by atoms with Crippen LogP contribution in [0.15, 0.2) is 0 Å². The molecule has 1 heterocycles. The first-order chi connectivity index (χ1) is 9.95. The monoisotopic (exact) mass is 293 g/mol. The van der Waals surface area contributed by atoms with Gasteiger partial charge < -0.3 is 14.5 Å². The van der Waals surface area contributed by atoms with Crippen molar-refractivity contribution in [2.75, 3.05) is 6.61 Å². The van der Waals surface area contributed by atoms with Gasteiger partial charge in [0.15, 0.2) is 11.9 Å². The summed E-state index contributed by atoms with van der Waals surface area (Å²) in [6, 6.07) is 0. The van der Waals surface area contributed by atoms with Crippen molar-refractivity contribution < 1.29 is 23.9 Å². The smallest absolute Gasteiger partial charge is 0.355 e. The topological polar surface area (TPSA) is 85.5 Å². The second kappa shape index (κ2) is 6.11. The van der Waals surface area contributed by atoms with Crippen LogP contribution in [0.1, 0.15) is 58.3 Å². The van der Waals surface area contributed by atoms with E-state index < -0.39 is 18.0 Å². The lowest BCUT2D eigenvalue weighted by Gasteiger charge is -2.10. The number of Topliss-reactive ketones (excluding diaryl/α,β-unsaturated/α-hetero) is 1. The second-order valence-electron chi connectivity index (χ2n) is 5.10. The van der Waals surface area contributed by atoms with E-state index in [1.807, 2.05) is 0 Å². The van der Waals surface area contributed by atoms with Crippen LogP contribution in [0.4, 0.5) is 0 Å². The van der Waals surface area contributed by atoms with Gasteiger partial charge in [-0.1, -0.05) is 0 Å². The molecule has 0 aliphatic heterocycles. The van der Waals surface area contributed by atoms with Crippen LogP contribution in [0, 0.1) is 13.8 Å². The van der Waals surface area contributed by atoms with E-state index in [9.17, 15) is 14.4 Å². The van der Waals surface area contributed by atoms with Crippen LogP contribution in [0.25, 0.3) is 0 Å². The van der Waals surface area contributed by atoms with Crippen molar-refractivity contribution in [1.82, 2.24) is 4.98 Å². The number of nitrogens with one attached hydrogen (secondary N) is 1. The highest BCUT2D eigenvalue weighted by Gasteiger charge is 2.31. The van der Waals surface area contributed by atoms with Crippen LogP contribution in [0.2, 0.25) is 0 Å². The average Bonchev–Trinajstić information content (AvgIpc) is 2.94. The van der Waals surface area contributed by atoms with Crippen molar-refractivity contribution in [3.63, 3.8) is 0 Å². The average molecular weight is 293 g/mol. The van der Waals surface area contributed by atoms with Crippen molar-refractivity contribution in [1.29, 1.82) is 0 Å². The molecular weight excluding hydrogens is 274 g/mol. The minimum absolute atomic E-state index is 0.0418. The molecule has 0 saturated heterocycles. The van der Waals surface area contributed by atoms with Gasteiger partial charge in [-0.2, -0.15) is 0 Å². The number of aromatic amines is 1. The Hall–Kier alpha value is -2.11. The largest absolute Gasteiger partial charge is 0.461 e. The lowest BCUT2D eigenvalue weighted by Crippen LogP contribution is -2.22. The zero-order chi connectivity index (χ0) is 15.6. The van der Waals surface area contributed by atoms with E-state index >= 15 is 0 Å². The fourth-order valence-electron chi connectivity index (χ4n) is 2.56. The number of ketones is 1. The van der Waals surface area contributed by atoms with E-state index in [4.69, 9.17) is 9.47 Å². The summed E-state index contributed by atoms with van der Waals surface area (Å²) >= 11 is 0. The van der Waals surface area contributed by atoms with Crippen LogP contribution < -0.4 is 0 Å². The number of aromatic nitrogens is 1. The summed E-state index contributed by atoms with van der Waals surface area (Å²) in [7, 11) is 0. The Balaban J connectivity index is 2.21. The highest BCUT2D eigenvalue weighted by Crippen LogP contribution is 2.23. The summed E-state index contributed by atoms with van der Waals surface area (Å²) in [5, 5.41) is 0. The van der Waals surface area contributed by atoms with Crippen molar-refractivity contribution in [2.45, 2.75) is 46.1 Å². The van der Waals surface area contributed by atoms with E-state index in [-0.39, 0.29) is 18.1 Å². The molecule has 1 fully saturated rings. The molecular formula is C15H19NO5. The second-order valence-corrected chi connectivity index (χ2v) is 5.10. The predicted octanol–water partition coefficient (Wildman–Crippen LogP) is 2.09. The van der Waals surface area contributed by atoms with E-state index in [0.717, 1.165) is 6.42 Å². The van der Waals surface area contributed by atoms with Gasteiger partial charge in [0, 0.05) is 12.1 Å². The van der Waals surface area contributed by atoms with Crippen LogP contribution >= 0.6 is 0 Å². The molecule has 1 N–H and O–H groups in total. The van der Waals surface area contributed by atoms with Gasteiger partial charge in [-0.05, 0) is 39.2 Å². The Morgan fingerprint density at radius 2 is 2.00 bits per heavy atom. The predicted molar refractivity (Wildman–Crippen MR) is 74.3 cm³/mol. The third-order valence-corrected chi connectivity index (χ3v) is 3.62. The van der Waals surface area contributed by atoms with Crippen LogP contribution in [-0.4, -0.2) is 35.4 Å². The molecule has 0 bridgehead atoms. The molecule has 0 aromatic carbocycles. The maximum Gasteiger partial charge on any atom is 0.355 e. The molecule has 6 nitrogen and oxygen atoms in total. The molecule has 2 rings (SSSR count). The van der Waals surface area contributed by atoms with E-state index in [2.05, 4.69) is 4.98 Å². The van der Waals surface area contributed by atoms with Gasteiger partial charge in [0.25, 0.3) is 0 Å². The highest BCUT2D eigenvalue weighted by molar-refractivity contribution is 5.99. The van der Waals surface area contributed by atoms with Gasteiger partial charge in [-0.15, -0.1) is 0 Å². The van der Waals surface area contributed by atoms with Crippen molar-refractivity contribution in [2.24, 2.45) is 0 Å². The lowest BCUT2D eigenvalue weighted by molar-refractivity contribution is -0.124.